The Bertz CT molecular complexity index is 470. The molecule has 112 valence electrons. The number of benzene rings is 1. The number of hydrogen-bond donors (Lipinski definition) is 0. The lowest BCUT2D eigenvalue weighted by atomic mass is 9.72. The number of ether oxygens (including phenoxy) is 2. The summed E-state index contributed by atoms with van der Waals surface area (Å²) in [4.78, 5) is 0.239. The maximum Gasteiger partial charge on any atom is 0.162 e. The van der Waals surface area contributed by atoms with E-state index in [4.69, 9.17) is 21.1 Å². The van der Waals surface area contributed by atoms with Crippen molar-refractivity contribution < 1.29 is 9.47 Å². The molecule has 1 aromatic rings. The van der Waals surface area contributed by atoms with E-state index in [0.717, 1.165) is 16.3 Å². The topological polar surface area (TPSA) is 18.5 Å². The number of rotatable bonds is 4. The number of halogens is 2. The Morgan fingerprint density at radius 2 is 1.65 bits per heavy atom. The Morgan fingerprint density at radius 3 is 2.20 bits per heavy atom. The fourth-order valence-corrected chi connectivity index (χ4v) is 4.28. The van der Waals surface area contributed by atoms with E-state index >= 15 is 0 Å². The van der Waals surface area contributed by atoms with Crippen LogP contribution >= 0.6 is 27.5 Å². The first kappa shape index (κ1) is 16.0. The molecule has 20 heavy (non-hydrogen) atoms. The maximum atomic E-state index is 6.45. The molecule has 0 spiro atoms. The van der Waals surface area contributed by atoms with Gasteiger partial charge >= 0.3 is 0 Å². The predicted molar refractivity (Wildman–Crippen MR) is 87.4 cm³/mol. The summed E-state index contributed by atoms with van der Waals surface area (Å²) in [7, 11) is 3.28. The van der Waals surface area contributed by atoms with Crippen LogP contribution in [0.1, 0.15) is 49.4 Å². The summed E-state index contributed by atoms with van der Waals surface area (Å²) in [6.45, 7) is 2.35. The molecule has 0 radical (unpaired) electrons. The van der Waals surface area contributed by atoms with Gasteiger partial charge in [0.05, 0.1) is 14.2 Å². The Labute approximate surface area is 134 Å². The standard InChI is InChI=1S/C16H22BrClO2/c1-16(7-5-4-6-8-16)15(17)11-9-13(19-2)14(20-3)10-12(11)18/h9-10,15H,4-8H2,1-3H3. The van der Waals surface area contributed by atoms with E-state index in [2.05, 4.69) is 22.9 Å². The summed E-state index contributed by atoms with van der Waals surface area (Å²) < 4.78 is 10.7. The van der Waals surface area contributed by atoms with Crippen molar-refractivity contribution in [1.82, 2.24) is 0 Å². The molecule has 1 aliphatic rings. The minimum absolute atomic E-state index is 0.239. The van der Waals surface area contributed by atoms with Gasteiger partial charge < -0.3 is 9.47 Å². The van der Waals surface area contributed by atoms with Crippen LogP contribution in [0.2, 0.25) is 5.02 Å². The van der Waals surface area contributed by atoms with Crippen molar-refractivity contribution >= 4 is 27.5 Å². The minimum atomic E-state index is 0.239. The molecule has 0 aliphatic heterocycles. The quantitative estimate of drug-likeness (QED) is 0.634. The summed E-state index contributed by atoms with van der Waals surface area (Å²) in [5.41, 5.74) is 1.34. The summed E-state index contributed by atoms with van der Waals surface area (Å²) in [5.74, 6) is 1.41. The van der Waals surface area contributed by atoms with Gasteiger partial charge in [0.25, 0.3) is 0 Å². The van der Waals surface area contributed by atoms with Crippen molar-refractivity contribution in [2.45, 2.75) is 43.9 Å². The van der Waals surface area contributed by atoms with E-state index in [9.17, 15) is 0 Å². The maximum absolute atomic E-state index is 6.45. The summed E-state index contributed by atoms with van der Waals surface area (Å²) in [6.07, 6.45) is 6.39. The third-order valence-electron chi connectivity index (χ3n) is 4.38. The summed E-state index contributed by atoms with van der Waals surface area (Å²) in [6, 6.07) is 3.84. The minimum Gasteiger partial charge on any atom is -0.493 e. The fraction of sp³-hybridized carbons (Fsp3) is 0.625. The van der Waals surface area contributed by atoms with Gasteiger partial charge in [0.15, 0.2) is 11.5 Å². The first-order valence-electron chi connectivity index (χ1n) is 7.07. The number of hydrogen-bond acceptors (Lipinski definition) is 2. The zero-order valence-corrected chi connectivity index (χ0v) is 14.7. The summed E-state index contributed by atoms with van der Waals surface area (Å²) in [5, 5.41) is 0.733. The Hall–Kier alpha value is -0.410. The molecule has 1 saturated carbocycles. The second kappa shape index (κ2) is 6.57. The monoisotopic (exact) mass is 360 g/mol. The van der Waals surface area contributed by atoms with Crippen molar-refractivity contribution in [3.63, 3.8) is 0 Å². The Kier molecular flexibility index (Phi) is 5.25. The molecule has 1 fully saturated rings. The van der Waals surface area contributed by atoms with Gasteiger partial charge in [0.1, 0.15) is 0 Å². The van der Waals surface area contributed by atoms with Gasteiger partial charge in [-0.25, -0.2) is 0 Å². The first-order chi connectivity index (χ1) is 9.51. The van der Waals surface area contributed by atoms with Crippen LogP contribution < -0.4 is 9.47 Å². The van der Waals surface area contributed by atoms with Crippen LogP contribution in [0.4, 0.5) is 0 Å². The molecule has 1 aromatic carbocycles. The van der Waals surface area contributed by atoms with Gasteiger partial charge in [-0.15, -0.1) is 0 Å². The highest BCUT2D eigenvalue weighted by molar-refractivity contribution is 9.09. The highest BCUT2D eigenvalue weighted by atomic mass is 79.9. The van der Waals surface area contributed by atoms with Crippen LogP contribution in [0.15, 0.2) is 12.1 Å². The molecule has 1 aliphatic carbocycles. The molecule has 1 atom stereocenters. The molecule has 4 heteroatoms. The number of alkyl halides is 1. The van der Waals surface area contributed by atoms with Gasteiger partial charge in [-0.2, -0.15) is 0 Å². The van der Waals surface area contributed by atoms with Crippen LogP contribution in [0.3, 0.4) is 0 Å². The van der Waals surface area contributed by atoms with Crippen LogP contribution in [0.5, 0.6) is 11.5 Å². The lowest BCUT2D eigenvalue weighted by Crippen LogP contribution is -2.25. The van der Waals surface area contributed by atoms with Gasteiger partial charge in [0, 0.05) is 15.9 Å². The van der Waals surface area contributed by atoms with E-state index < -0.39 is 0 Å². The molecule has 2 rings (SSSR count). The van der Waals surface area contributed by atoms with Crippen molar-refractivity contribution in [1.29, 1.82) is 0 Å². The second-order valence-electron chi connectivity index (χ2n) is 5.81. The Morgan fingerprint density at radius 1 is 1.10 bits per heavy atom. The van der Waals surface area contributed by atoms with Gasteiger partial charge in [-0.3, -0.25) is 0 Å². The van der Waals surface area contributed by atoms with Crippen LogP contribution in [0, 0.1) is 5.41 Å². The van der Waals surface area contributed by atoms with Crippen LogP contribution in [0.25, 0.3) is 0 Å². The van der Waals surface area contributed by atoms with Gasteiger partial charge in [0.2, 0.25) is 0 Å². The average molecular weight is 362 g/mol. The number of methoxy groups -OCH3 is 2. The van der Waals surface area contributed by atoms with Crippen LogP contribution in [-0.4, -0.2) is 14.2 Å². The van der Waals surface area contributed by atoms with Gasteiger partial charge in [-0.1, -0.05) is 53.7 Å². The highest BCUT2D eigenvalue weighted by Gasteiger charge is 2.36. The van der Waals surface area contributed by atoms with Gasteiger partial charge in [-0.05, 0) is 29.9 Å². The van der Waals surface area contributed by atoms with Crippen LogP contribution in [-0.2, 0) is 0 Å². The molecule has 0 N–H and O–H groups in total. The fourth-order valence-electron chi connectivity index (χ4n) is 3.05. The lowest BCUT2D eigenvalue weighted by Gasteiger charge is -2.38. The molecular formula is C16H22BrClO2. The van der Waals surface area contributed by atoms with E-state index in [1.165, 1.54) is 32.1 Å². The normalized spacial score (nSPS) is 19.4. The van der Waals surface area contributed by atoms with Crippen molar-refractivity contribution in [2.75, 3.05) is 14.2 Å². The molecule has 0 aromatic heterocycles. The van der Waals surface area contributed by atoms with Crippen molar-refractivity contribution in [3.8, 4) is 11.5 Å². The highest BCUT2D eigenvalue weighted by Crippen LogP contribution is 2.52. The summed E-state index contributed by atoms with van der Waals surface area (Å²) >= 11 is 10.3. The zero-order valence-electron chi connectivity index (χ0n) is 12.3. The van der Waals surface area contributed by atoms with Crippen molar-refractivity contribution in [2.24, 2.45) is 5.41 Å². The van der Waals surface area contributed by atoms with E-state index in [1.807, 2.05) is 12.1 Å². The molecule has 2 nitrogen and oxygen atoms in total. The Balaban J connectivity index is 2.36. The van der Waals surface area contributed by atoms with Crippen molar-refractivity contribution in [3.05, 3.63) is 22.7 Å². The molecule has 0 heterocycles. The first-order valence-corrected chi connectivity index (χ1v) is 8.36. The predicted octanol–water partition coefficient (Wildman–Crippen LogP) is 5.76. The average Bonchev–Trinajstić information content (AvgIpc) is 2.47. The SMILES string of the molecule is COc1cc(Cl)c(C(Br)C2(C)CCCCC2)cc1OC. The third kappa shape index (κ3) is 3.09. The smallest absolute Gasteiger partial charge is 0.162 e. The molecule has 1 unspecified atom stereocenters. The van der Waals surface area contributed by atoms with E-state index in [-0.39, 0.29) is 10.2 Å². The molecule has 0 bridgehead atoms. The second-order valence-corrected chi connectivity index (χ2v) is 7.13. The van der Waals surface area contributed by atoms with E-state index in [1.54, 1.807) is 14.2 Å². The van der Waals surface area contributed by atoms with E-state index in [0.29, 0.717) is 5.75 Å². The molecular weight excluding hydrogens is 340 g/mol. The lowest BCUT2D eigenvalue weighted by molar-refractivity contribution is 0.212. The zero-order chi connectivity index (χ0) is 14.8. The molecule has 0 saturated heterocycles. The largest absolute Gasteiger partial charge is 0.493 e. The molecule has 0 amide bonds. The third-order valence-corrected chi connectivity index (χ3v) is 6.31.